The first-order chi connectivity index (χ1) is 8.34. The van der Waals surface area contributed by atoms with E-state index in [0.717, 1.165) is 10.0 Å². The topological polar surface area (TPSA) is 49.4 Å². The van der Waals surface area contributed by atoms with E-state index in [2.05, 4.69) is 21.2 Å². The summed E-state index contributed by atoms with van der Waals surface area (Å²) in [5.41, 5.74) is 1.12. The van der Waals surface area contributed by atoms with Crippen LogP contribution in [0.3, 0.4) is 0 Å². The number of nitrogens with one attached hydrogen (secondary N) is 1. The second-order valence-electron chi connectivity index (χ2n) is 4.30. The molecule has 0 amide bonds. The maximum Gasteiger partial charge on any atom is 0.214 e. The second-order valence-corrected chi connectivity index (χ2v) is 7.45. The van der Waals surface area contributed by atoms with Crippen LogP contribution in [0.5, 0.6) is 0 Å². The fourth-order valence-corrected chi connectivity index (χ4v) is 2.89. The monoisotopic (exact) mass is 334 g/mol. The predicted molar refractivity (Wildman–Crippen MR) is 78.0 cm³/mol. The van der Waals surface area contributed by atoms with Crippen LogP contribution in [0.25, 0.3) is 0 Å². The fourth-order valence-electron chi connectivity index (χ4n) is 1.52. The van der Waals surface area contributed by atoms with Crippen LogP contribution in [0, 0.1) is 0 Å². The summed E-state index contributed by atoms with van der Waals surface area (Å²) in [5.74, 6) is 0.106. The van der Waals surface area contributed by atoms with Gasteiger partial charge in [-0.05, 0) is 18.6 Å². The maximum absolute atomic E-state index is 11.6. The van der Waals surface area contributed by atoms with Crippen molar-refractivity contribution in [1.29, 1.82) is 0 Å². The standard InChI is InChI=1S/C12H19BrN2O2S/c1-10(11-6-4-5-7-12(11)13)14-8-9-18(16,17)15(2)3/h4-7,10,14H,8-9H2,1-3H3. The van der Waals surface area contributed by atoms with Crippen molar-refractivity contribution < 1.29 is 8.42 Å². The van der Waals surface area contributed by atoms with Crippen molar-refractivity contribution in [3.8, 4) is 0 Å². The third-order valence-corrected chi connectivity index (χ3v) is 5.29. The molecule has 1 N–H and O–H groups in total. The SMILES string of the molecule is CC(NCCS(=O)(=O)N(C)C)c1ccccc1Br. The Labute approximate surface area is 118 Å². The van der Waals surface area contributed by atoms with Crippen molar-refractivity contribution in [2.75, 3.05) is 26.4 Å². The maximum atomic E-state index is 11.6. The summed E-state index contributed by atoms with van der Waals surface area (Å²) in [5, 5.41) is 3.21. The average Bonchev–Trinajstić information content (AvgIpc) is 2.29. The number of rotatable bonds is 6. The summed E-state index contributed by atoms with van der Waals surface area (Å²) < 4.78 is 25.5. The lowest BCUT2D eigenvalue weighted by Crippen LogP contribution is -2.32. The summed E-state index contributed by atoms with van der Waals surface area (Å²) in [4.78, 5) is 0. The molecule has 0 aliphatic heterocycles. The molecule has 0 saturated carbocycles. The van der Waals surface area contributed by atoms with Gasteiger partial charge in [0.05, 0.1) is 5.75 Å². The minimum absolute atomic E-state index is 0.106. The van der Waals surface area contributed by atoms with E-state index in [4.69, 9.17) is 0 Å². The molecule has 18 heavy (non-hydrogen) atoms. The van der Waals surface area contributed by atoms with E-state index in [9.17, 15) is 8.42 Å². The summed E-state index contributed by atoms with van der Waals surface area (Å²) in [7, 11) is -0.0307. The van der Waals surface area contributed by atoms with E-state index in [-0.39, 0.29) is 11.8 Å². The van der Waals surface area contributed by atoms with E-state index in [1.54, 1.807) is 14.1 Å². The Kier molecular flexibility index (Phi) is 5.78. The molecule has 0 aromatic heterocycles. The highest BCUT2D eigenvalue weighted by Gasteiger charge is 2.14. The highest BCUT2D eigenvalue weighted by molar-refractivity contribution is 9.10. The zero-order valence-electron chi connectivity index (χ0n) is 10.9. The minimum Gasteiger partial charge on any atom is -0.309 e. The van der Waals surface area contributed by atoms with Crippen LogP contribution in [-0.2, 0) is 10.0 Å². The minimum atomic E-state index is -3.13. The van der Waals surface area contributed by atoms with Gasteiger partial charge in [0.25, 0.3) is 0 Å². The van der Waals surface area contributed by atoms with E-state index in [1.807, 2.05) is 31.2 Å². The molecule has 0 bridgehead atoms. The van der Waals surface area contributed by atoms with Crippen LogP contribution < -0.4 is 5.32 Å². The molecule has 0 heterocycles. The van der Waals surface area contributed by atoms with Gasteiger partial charge in [-0.15, -0.1) is 0 Å². The highest BCUT2D eigenvalue weighted by atomic mass is 79.9. The molecular formula is C12H19BrN2O2S. The van der Waals surface area contributed by atoms with Crippen molar-refractivity contribution in [2.45, 2.75) is 13.0 Å². The Hall–Kier alpha value is -0.430. The van der Waals surface area contributed by atoms with Crippen molar-refractivity contribution in [3.63, 3.8) is 0 Å². The largest absolute Gasteiger partial charge is 0.309 e. The van der Waals surface area contributed by atoms with Gasteiger partial charge in [-0.2, -0.15) is 0 Å². The van der Waals surface area contributed by atoms with E-state index in [0.29, 0.717) is 6.54 Å². The highest BCUT2D eigenvalue weighted by Crippen LogP contribution is 2.22. The van der Waals surface area contributed by atoms with Crippen molar-refractivity contribution in [2.24, 2.45) is 0 Å². The molecule has 4 nitrogen and oxygen atoms in total. The number of nitrogens with zero attached hydrogens (tertiary/aromatic N) is 1. The molecule has 1 atom stereocenters. The zero-order valence-corrected chi connectivity index (χ0v) is 13.3. The summed E-state index contributed by atoms with van der Waals surface area (Å²) >= 11 is 3.49. The quantitative estimate of drug-likeness (QED) is 0.865. The van der Waals surface area contributed by atoms with E-state index >= 15 is 0 Å². The third kappa shape index (κ3) is 4.35. The van der Waals surface area contributed by atoms with Gasteiger partial charge in [0.1, 0.15) is 0 Å². The third-order valence-electron chi connectivity index (χ3n) is 2.74. The molecule has 1 rings (SSSR count). The van der Waals surface area contributed by atoms with Crippen LogP contribution in [-0.4, -0.2) is 39.1 Å². The summed E-state index contributed by atoms with van der Waals surface area (Å²) in [6.45, 7) is 2.45. The Morgan fingerprint density at radius 1 is 1.33 bits per heavy atom. The summed E-state index contributed by atoms with van der Waals surface area (Å²) in [6.07, 6.45) is 0. The lowest BCUT2D eigenvalue weighted by molar-refractivity contribution is 0.512. The zero-order chi connectivity index (χ0) is 13.8. The van der Waals surface area contributed by atoms with Crippen LogP contribution in [0.2, 0.25) is 0 Å². The Morgan fingerprint density at radius 3 is 2.50 bits per heavy atom. The Bertz CT molecular complexity index is 489. The number of sulfonamides is 1. The number of hydrogen-bond donors (Lipinski definition) is 1. The molecule has 0 radical (unpaired) electrons. The number of halogens is 1. The fraction of sp³-hybridized carbons (Fsp3) is 0.500. The van der Waals surface area contributed by atoms with Crippen LogP contribution in [0.1, 0.15) is 18.5 Å². The van der Waals surface area contributed by atoms with Crippen molar-refractivity contribution in [1.82, 2.24) is 9.62 Å². The number of benzene rings is 1. The molecule has 0 fully saturated rings. The van der Waals surface area contributed by atoms with Gasteiger partial charge in [0.2, 0.25) is 10.0 Å². The van der Waals surface area contributed by atoms with Gasteiger partial charge in [-0.25, -0.2) is 12.7 Å². The predicted octanol–water partition coefficient (Wildman–Crippen LogP) is 1.99. The molecule has 0 saturated heterocycles. The van der Waals surface area contributed by atoms with Gasteiger partial charge in [-0.3, -0.25) is 0 Å². The second kappa shape index (κ2) is 6.65. The molecule has 102 valence electrons. The first kappa shape index (κ1) is 15.6. The van der Waals surface area contributed by atoms with Gasteiger partial charge >= 0.3 is 0 Å². The van der Waals surface area contributed by atoms with Gasteiger partial charge in [0.15, 0.2) is 0 Å². The molecule has 0 spiro atoms. The lowest BCUT2D eigenvalue weighted by Gasteiger charge is -2.17. The summed E-state index contributed by atoms with van der Waals surface area (Å²) in [6, 6.07) is 8.02. The molecule has 0 aliphatic rings. The Balaban J connectivity index is 2.53. The molecule has 1 aromatic carbocycles. The average molecular weight is 335 g/mol. The van der Waals surface area contributed by atoms with Gasteiger partial charge < -0.3 is 5.32 Å². The van der Waals surface area contributed by atoms with Crippen molar-refractivity contribution in [3.05, 3.63) is 34.3 Å². The van der Waals surface area contributed by atoms with Crippen molar-refractivity contribution >= 4 is 26.0 Å². The van der Waals surface area contributed by atoms with Crippen LogP contribution in [0.15, 0.2) is 28.7 Å². The van der Waals surface area contributed by atoms with Crippen LogP contribution in [0.4, 0.5) is 0 Å². The molecular weight excluding hydrogens is 316 g/mol. The molecule has 6 heteroatoms. The smallest absolute Gasteiger partial charge is 0.214 e. The van der Waals surface area contributed by atoms with E-state index < -0.39 is 10.0 Å². The first-order valence-electron chi connectivity index (χ1n) is 5.72. The molecule has 1 unspecified atom stereocenters. The molecule has 1 aromatic rings. The number of hydrogen-bond acceptors (Lipinski definition) is 3. The van der Waals surface area contributed by atoms with Crippen LogP contribution >= 0.6 is 15.9 Å². The lowest BCUT2D eigenvalue weighted by atomic mass is 10.1. The van der Waals surface area contributed by atoms with Gasteiger partial charge in [-0.1, -0.05) is 34.1 Å². The van der Waals surface area contributed by atoms with E-state index in [1.165, 1.54) is 4.31 Å². The Morgan fingerprint density at radius 2 is 1.94 bits per heavy atom. The first-order valence-corrected chi connectivity index (χ1v) is 8.13. The normalized spacial score (nSPS) is 13.8. The van der Waals surface area contributed by atoms with Gasteiger partial charge in [0, 0.05) is 31.2 Å². The molecule has 0 aliphatic carbocycles.